The molecule has 2 nitrogen and oxygen atoms in total. The highest BCUT2D eigenvalue weighted by atomic mass is 79.9. The van der Waals surface area contributed by atoms with Crippen molar-refractivity contribution in [3.8, 4) is 0 Å². The minimum atomic E-state index is -0.000531. The van der Waals surface area contributed by atoms with Crippen LogP contribution in [0.4, 0.5) is 0 Å². The van der Waals surface area contributed by atoms with Crippen LogP contribution in [-0.2, 0) is 4.74 Å². The number of hydrogen-bond donors (Lipinski definition) is 1. The highest BCUT2D eigenvalue weighted by Crippen LogP contribution is 2.28. The first-order valence-corrected chi connectivity index (χ1v) is 8.09. The zero-order valence-electron chi connectivity index (χ0n) is 11.6. The van der Waals surface area contributed by atoms with Crippen LogP contribution in [0.15, 0.2) is 28.7 Å². The van der Waals surface area contributed by atoms with E-state index < -0.39 is 0 Å². The second-order valence-corrected chi connectivity index (χ2v) is 6.59. The zero-order valence-corrected chi connectivity index (χ0v) is 13.2. The average molecular weight is 326 g/mol. The van der Waals surface area contributed by atoms with Crippen molar-refractivity contribution in [1.82, 2.24) is 0 Å². The summed E-state index contributed by atoms with van der Waals surface area (Å²) in [6.07, 6.45) is 6.72. The summed E-state index contributed by atoms with van der Waals surface area (Å²) in [5, 5.41) is 0. The second kappa shape index (κ2) is 7.41. The summed E-state index contributed by atoms with van der Waals surface area (Å²) < 4.78 is 7.22. The standard InChI is InChI=1S/C16H24BrNO/c1-12(18)16(14-8-5-9-15(17)10-14)19-11-13-6-3-2-4-7-13/h5,8-10,12-13,16H,2-4,6-7,11,18H2,1H3. The summed E-state index contributed by atoms with van der Waals surface area (Å²) >= 11 is 3.51. The molecule has 0 aromatic heterocycles. The Hall–Kier alpha value is -0.380. The van der Waals surface area contributed by atoms with Gasteiger partial charge in [-0.15, -0.1) is 0 Å². The van der Waals surface area contributed by atoms with Gasteiger partial charge >= 0.3 is 0 Å². The molecular weight excluding hydrogens is 302 g/mol. The van der Waals surface area contributed by atoms with Gasteiger partial charge < -0.3 is 10.5 Å². The van der Waals surface area contributed by atoms with E-state index in [1.807, 2.05) is 19.1 Å². The summed E-state index contributed by atoms with van der Waals surface area (Å²) in [6, 6.07) is 8.29. The third kappa shape index (κ3) is 4.59. The van der Waals surface area contributed by atoms with Crippen molar-refractivity contribution in [3.05, 3.63) is 34.3 Å². The van der Waals surface area contributed by atoms with E-state index in [-0.39, 0.29) is 12.1 Å². The van der Waals surface area contributed by atoms with Crippen molar-refractivity contribution in [2.24, 2.45) is 11.7 Å². The SMILES string of the molecule is CC(N)C(OCC1CCCCC1)c1cccc(Br)c1. The molecule has 19 heavy (non-hydrogen) atoms. The van der Waals surface area contributed by atoms with E-state index in [4.69, 9.17) is 10.5 Å². The quantitative estimate of drug-likeness (QED) is 0.868. The molecule has 1 saturated carbocycles. The summed E-state index contributed by atoms with van der Waals surface area (Å²) in [4.78, 5) is 0. The molecule has 0 heterocycles. The molecule has 1 aliphatic carbocycles. The van der Waals surface area contributed by atoms with Crippen molar-refractivity contribution < 1.29 is 4.74 Å². The van der Waals surface area contributed by atoms with E-state index in [2.05, 4.69) is 28.1 Å². The second-order valence-electron chi connectivity index (χ2n) is 5.67. The van der Waals surface area contributed by atoms with Gasteiger partial charge in [-0.05, 0) is 43.4 Å². The van der Waals surface area contributed by atoms with E-state index in [1.165, 1.54) is 37.7 Å². The fourth-order valence-corrected chi connectivity index (χ4v) is 3.25. The Labute approximate surface area is 124 Å². The van der Waals surface area contributed by atoms with Gasteiger partial charge in [0.25, 0.3) is 0 Å². The van der Waals surface area contributed by atoms with Crippen LogP contribution in [0.2, 0.25) is 0 Å². The molecule has 0 spiro atoms. The third-order valence-electron chi connectivity index (χ3n) is 3.89. The molecule has 0 amide bonds. The lowest BCUT2D eigenvalue weighted by Gasteiger charge is -2.27. The minimum Gasteiger partial charge on any atom is -0.372 e. The zero-order chi connectivity index (χ0) is 13.7. The number of nitrogens with two attached hydrogens (primary N) is 1. The Balaban J connectivity index is 1.96. The van der Waals surface area contributed by atoms with Gasteiger partial charge in [0.1, 0.15) is 0 Å². The molecule has 0 saturated heterocycles. The highest BCUT2D eigenvalue weighted by Gasteiger charge is 2.20. The van der Waals surface area contributed by atoms with Crippen molar-refractivity contribution in [2.45, 2.75) is 51.2 Å². The number of benzene rings is 1. The molecule has 1 aliphatic rings. The molecule has 106 valence electrons. The summed E-state index contributed by atoms with van der Waals surface area (Å²) in [7, 11) is 0. The minimum absolute atomic E-state index is 0.000531. The van der Waals surface area contributed by atoms with Crippen molar-refractivity contribution in [2.75, 3.05) is 6.61 Å². The van der Waals surface area contributed by atoms with Crippen LogP contribution in [0.5, 0.6) is 0 Å². The Morgan fingerprint density at radius 2 is 2.05 bits per heavy atom. The monoisotopic (exact) mass is 325 g/mol. The lowest BCUT2D eigenvalue weighted by atomic mass is 9.90. The molecule has 1 aromatic carbocycles. The maximum Gasteiger partial charge on any atom is 0.0973 e. The Morgan fingerprint density at radius 1 is 1.32 bits per heavy atom. The summed E-state index contributed by atoms with van der Waals surface area (Å²) in [6.45, 7) is 2.87. The van der Waals surface area contributed by atoms with Crippen LogP contribution in [-0.4, -0.2) is 12.6 Å². The molecule has 0 radical (unpaired) electrons. The predicted molar refractivity (Wildman–Crippen MR) is 83.1 cm³/mol. The van der Waals surface area contributed by atoms with E-state index in [0.29, 0.717) is 0 Å². The van der Waals surface area contributed by atoms with E-state index in [0.717, 1.165) is 17.0 Å². The molecule has 1 aromatic rings. The Kier molecular flexibility index (Phi) is 5.86. The number of rotatable bonds is 5. The van der Waals surface area contributed by atoms with Crippen LogP contribution in [0.1, 0.15) is 50.7 Å². The van der Waals surface area contributed by atoms with Crippen LogP contribution < -0.4 is 5.73 Å². The van der Waals surface area contributed by atoms with Crippen LogP contribution >= 0.6 is 15.9 Å². The highest BCUT2D eigenvalue weighted by molar-refractivity contribution is 9.10. The summed E-state index contributed by atoms with van der Waals surface area (Å²) in [5.41, 5.74) is 7.26. The molecular formula is C16H24BrNO. The lowest BCUT2D eigenvalue weighted by molar-refractivity contribution is 0.00820. The maximum atomic E-state index is 6.14. The molecule has 1 fully saturated rings. The maximum absolute atomic E-state index is 6.14. The van der Waals surface area contributed by atoms with Gasteiger partial charge in [0.05, 0.1) is 12.7 Å². The number of hydrogen-bond acceptors (Lipinski definition) is 2. The van der Waals surface area contributed by atoms with Crippen molar-refractivity contribution in [1.29, 1.82) is 0 Å². The van der Waals surface area contributed by atoms with Crippen molar-refractivity contribution in [3.63, 3.8) is 0 Å². The molecule has 2 unspecified atom stereocenters. The van der Waals surface area contributed by atoms with E-state index in [9.17, 15) is 0 Å². The lowest BCUT2D eigenvalue weighted by Crippen LogP contribution is -2.29. The molecule has 0 aliphatic heterocycles. The van der Waals surface area contributed by atoms with Gasteiger partial charge in [-0.1, -0.05) is 47.3 Å². The Bertz CT molecular complexity index is 388. The first-order valence-electron chi connectivity index (χ1n) is 7.29. The smallest absolute Gasteiger partial charge is 0.0973 e. The topological polar surface area (TPSA) is 35.2 Å². The van der Waals surface area contributed by atoms with Crippen molar-refractivity contribution >= 4 is 15.9 Å². The largest absolute Gasteiger partial charge is 0.372 e. The number of ether oxygens (including phenoxy) is 1. The molecule has 3 heteroatoms. The average Bonchev–Trinajstić information content (AvgIpc) is 2.40. The first kappa shape index (κ1) is 15.0. The van der Waals surface area contributed by atoms with Crippen LogP contribution in [0.25, 0.3) is 0 Å². The molecule has 2 atom stereocenters. The van der Waals surface area contributed by atoms with Crippen LogP contribution in [0, 0.1) is 5.92 Å². The van der Waals surface area contributed by atoms with Gasteiger partial charge in [-0.25, -0.2) is 0 Å². The molecule has 2 N–H and O–H groups in total. The van der Waals surface area contributed by atoms with Gasteiger partial charge in [-0.3, -0.25) is 0 Å². The van der Waals surface area contributed by atoms with Crippen LogP contribution in [0.3, 0.4) is 0 Å². The van der Waals surface area contributed by atoms with E-state index in [1.54, 1.807) is 0 Å². The van der Waals surface area contributed by atoms with Gasteiger partial charge in [0.2, 0.25) is 0 Å². The fourth-order valence-electron chi connectivity index (χ4n) is 2.83. The third-order valence-corrected chi connectivity index (χ3v) is 4.38. The molecule has 0 bridgehead atoms. The van der Waals surface area contributed by atoms with Gasteiger partial charge in [0, 0.05) is 10.5 Å². The Morgan fingerprint density at radius 3 is 2.68 bits per heavy atom. The first-order chi connectivity index (χ1) is 9.16. The van der Waals surface area contributed by atoms with E-state index >= 15 is 0 Å². The fraction of sp³-hybridized carbons (Fsp3) is 0.625. The normalized spacial score (nSPS) is 20.2. The number of halogens is 1. The van der Waals surface area contributed by atoms with Gasteiger partial charge in [0.15, 0.2) is 0 Å². The summed E-state index contributed by atoms with van der Waals surface area (Å²) in [5.74, 6) is 0.724. The predicted octanol–water partition coefficient (Wildman–Crippen LogP) is 4.43. The molecule has 2 rings (SSSR count). The van der Waals surface area contributed by atoms with Gasteiger partial charge in [-0.2, -0.15) is 0 Å².